The summed E-state index contributed by atoms with van der Waals surface area (Å²) in [5.41, 5.74) is 3.62. The highest BCUT2D eigenvalue weighted by molar-refractivity contribution is 7.11. The van der Waals surface area contributed by atoms with Crippen molar-refractivity contribution in [2.45, 2.75) is 12.3 Å². The number of methoxy groups -OCH3 is 3. The number of aromatic hydroxyl groups is 1. The van der Waals surface area contributed by atoms with Crippen LogP contribution in [-0.4, -0.2) is 32.3 Å². The van der Waals surface area contributed by atoms with Gasteiger partial charge in [-0.2, -0.15) is 0 Å². The first-order valence-electron chi connectivity index (χ1n) is 9.06. The highest BCUT2D eigenvalue weighted by Gasteiger charge is 2.31. The molecule has 0 aliphatic carbocycles. The van der Waals surface area contributed by atoms with E-state index in [4.69, 9.17) is 14.2 Å². The summed E-state index contributed by atoms with van der Waals surface area (Å²) in [5, 5.41) is 15.0. The molecule has 0 radical (unpaired) electrons. The fourth-order valence-corrected chi connectivity index (χ4v) is 4.78. The van der Waals surface area contributed by atoms with Gasteiger partial charge < -0.3 is 24.6 Å². The molecule has 0 bridgehead atoms. The van der Waals surface area contributed by atoms with E-state index in [0.29, 0.717) is 23.7 Å². The van der Waals surface area contributed by atoms with E-state index < -0.39 is 0 Å². The summed E-state index contributed by atoms with van der Waals surface area (Å²) < 4.78 is 16.0. The maximum absolute atomic E-state index is 12.5. The molecule has 0 saturated carbocycles. The van der Waals surface area contributed by atoms with Crippen molar-refractivity contribution in [1.82, 2.24) is 0 Å². The van der Waals surface area contributed by atoms with Gasteiger partial charge in [-0.15, -0.1) is 11.3 Å². The molecular weight excluding hydrogens is 390 g/mol. The highest BCUT2D eigenvalue weighted by Crippen LogP contribution is 2.48. The molecular formula is C22H21NO5S. The third-order valence-corrected chi connectivity index (χ3v) is 6.19. The van der Waals surface area contributed by atoms with Gasteiger partial charge in [-0.05, 0) is 35.4 Å². The second-order valence-corrected chi connectivity index (χ2v) is 7.61. The summed E-state index contributed by atoms with van der Waals surface area (Å²) in [5.74, 6) is 1.60. The fourth-order valence-electron chi connectivity index (χ4n) is 3.62. The predicted octanol–water partition coefficient (Wildman–Crippen LogP) is 4.62. The Labute approximate surface area is 172 Å². The van der Waals surface area contributed by atoms with Crippen molar-refractivity contribution >= 4 is 22.9 Å². The van der Waals surface area contributed by atoms with Crippen molar-refractivity contribution in [2.24, 2.45) is 0 Å². The van der Waals surface area contributed by atoms with Crippen LogP contribution in [-0.2, 0) is 4.79 Å². The molecule has 150 valence electrons. The van der Waals surface area contributed by atoms with Crippen molar-refractivity contribution in [3.8, 4) is 34.1 Å². The number of hydrogen-bond donors (Lipinski definition) is 2. The number of anilines is 1. The van der Waals surface area contributed by atoms with Crippen molar-refractivity contribution < 1.29 is 24.1 Å². The molecule has 0 spiro atoms. The fraction of sp³-hybridized carbons (Fsp3) is 0.227. The summed E-state index contributed by atoms with van der Waals surface area (Å²) in [4.78, 5) is 13.6. The lowest BCUT2D eigenvalue weighted by Crippen LogP contribution is -2.22. The van der Waals surface area contributed by atoms with Crippen molar-refractivity contribution in [3.05, 3.63) is 52.2 Å². The van der Waals surface area contributed by atoms with Gasteiger partial charge in [-0.1, -0.05) is 12.1 Å². The molecule has 1 aromatic heterocycles. The zero-order chi connectivity index (χ0) is 20.5. The van der Waals surface area contributed by atoms with Gasteiger partial charge in [0.15, 0.2) is 23.0 Å². The van der Waals surface area contributed by atoms with Gasteiger partial charge in [-0.25, -0.2) is 0 Å². The number of nitrogens with one attached hydrogen (secondary N) is 1. The molecule has 2 aromatic carbocycles. The molecule has 3 aromatic rings. The van der Waals surface area contributed by atoms with E-state index in [0.717, 1.165) is 27.3 Å². The lowest BCUT2D eigenvalue weighted by atomic mass is 9.89. The number of rotatable bonds is 5. The minimum atomic E-state index is -0.104. The summed E-state index contributed by atoms with van der Waals surface area (Å²) >= 11 is 1.60. The van der Waals surface area contributed by atoms with Crippen LogP contribution in [0, 0.1) is 0 Å². The van der Waals surface area contributed by atoms with Crippen LogP contribution >= 0.6 is 11.3 Å². The van der Waals surface area contributed by atoms with E-state index in [1.54, 1.807) is 37.7 Å². The zero-order valence-electron chi connectivity index (χ0n) is 16.3. The molecule has 1 aliphatic heterocycles. The molecule has 7 heteroatoms. The highest BCUT2D eigenvalue weighted by atomic mass is 32.1. The van der Waals surface area contributed by atoms with Crippen LogP contribution in [0.5, 0.6) is 23.0 Å². The Morgan fingerprint density at radius 3 is 2.48 bits per heavy atom. The van der Waals surface area contributed by atoms with Crippen LogP contribution in [0.4, 0.5) is 5.69 Å². The van der Waals surface area contributed by atoms with Crippen molar-refractivity contribution in [3.63, 3.8) is 0 Å². The van der Waals surface area contributed by atoms with Crippen LogP contribution < -0.4 is 19.5 Å². The number of ether oxygens (including phenoxy) is 3. The van der Waals surface area contributed by atoms with E-state index in [-0.39, 0.29) is 17.6 Å². The Morgan fingerprint density at radius 1 is 1.00 bits per heavy atom. The Balaban J connectivity index is 1.79. The van der Waals surface area contributed by atoms with Gasteiger partial charge in [0.1, 0.15) is 0 Å². The number of carbonyl (C=O) groups excluding carboxylic acids is 1. The maximum Gasteiger partial charge on any atom is 0.225 e. The lowest BCUT2D eigenvalue weighted by Gasteiger charge is -2.24. The maximum atomic E-state index is 12.5. The van der Waals surface area contributed by atoms with Gasteiger partial charge in [0.2, 0.25) is 5.91 Å². The quantitative estimate of drug-likeness (QED) is 0.641. The van der Waals surface area contributed by atoms with Crippen LogP contribution in [0.2, 0.25) is 0 Å². The SMILES string of the molecule is COc1cc([C@H]2CC(=O)Nc3c(-c4ccc(OC)c(OC)c4)csc32)ccc1O. The molecule has 0 unspecified atom stereocenters. The van der Waals surface area contributed by atoms with Crippen LogP contribution in [0.25, 0.3) is 11.1 Å². The third-order valence-electron chi connectivity index (χ3n) is 5.09. The van der Waals surface area contributed by atoms with E-state index in [1.165, 1.54) is 7.11 Å². The van der Waals surface area contributed by atoms with E-state index in [9.17, 15) is 9.90 Å². The molecule has 1 amide bonds. The molecule has 0 saturated heterocycles. The van der Waals surface area contributed by atoms with Gasteiger partial charge in [0, 0.05) is 28.2 Å². The third kappa shape index (κ3) is 3.38. The first kappa shape index (κ1) is 19.1. The predicted molar refractivity (Wildman–Crippen MR) is 113 cm³/mol. The number of phenols is 1. The lowest BCUT2D eigenvalue weighted by molar-refractivity contribution is -0.116. The molecule has 29 heavy (non-hydrogen) atoms. The summed E-state index contributed by atoms with van der Waals surface area (Å²) in [7, 11) is 4.71. The minimum Gasteiger partial charge on any atom is -0.504 e. The monoisotopic (exact) mass is 411 g/mol. The van der Waals surface area contributed by atoms with E-state index in [1.807, 2.05) is 29.6 Å². The smallest absolute Gasteiger partial charge is 0.225 e. The Kier molecular flexibility index (Phi) is 5.07. The number of hydrogen-bond acceptors (Lipinski definition) is 6. The molecule has 4 rings (SSSR count). The molecule has 6 nitrogen and oxygen atoms in total. The second kappa shape index (κ2) is 7.67. The molecule has 2 heterocycles. The van der Waals surface area contributed by atoms with Crippen LogP contribution in [0.15, 0.2) is 41.8 Å². The number of carbonyl (C=O) groups is 1. The summed E-state index contributed by atoms with van der Waals surface area (Å²) in [6.45, 7) is 0. The van der Waals surface area contributed by atoms with Gasteiger partial charge in [0.05, 0.1) is 27.0 Å². The molecule has 0 fully saturated rings. The minimum absolute atomic E-state index is 0.0466. The second-order valence-electron chi connectivity index (χ2n) is 6.69. The number of amides is 1. The number of benzene rings is 2. The summed E-state index contributed by atoms with van der Waals surface area (Å²) in [6, 6.07) is 10.9. The molecule has 1 atom stereocenters. The van der Waals surface area contributed by atoms with Gasteiger partial charge >= 0.3 is 0 Å². The van der Waals surface area contributed by atoms with E-state index in [2.05, 4.69) is 5.32 Å². The Morgan fingerprint density at radius 2 is 1.76 bits per heavy atom. The topological polar surface area (TPSA) is 77.0 Å². The van der Waals surface area contributed by atoms with Crippen molar-refractivity contribution in [2.75, 3.05) is 26.6 Å². The van der Waals surface area contributed by atoms with Gasteiger partial charge in [-0.3, -0.25) is 4.79 Å². The van der Waals surface area contributed by atoms with Crippen molar-refractivity contribution in [1.29, 1.82) is 0 Å². The normalized spacial score (nSPS) is 15.4. The van der Waals surface area contributed by atoms with E-state index >= 15 is 0 Å². The largest absolute Gasteiger partial charge is 0.504 e. The Hall–Kier alpha value is -3.19. The molecule has 1 aliphatic rings. The molecule has 2 N–H and O–H groups in total. The number of phenolic OH excluding ortho intramolecular Hbond substituents is 1. The number of fused-ring (bicyclic) bond motifs is 1. The van der Waals surface area contributed by atoms with Crippen LogP contribution in [0.1, 0.15) is 22.8 Å². The average Bonchev–Trinajstić information content (AvgIpc) is 3.16. The number of thiophene rings is 1. The van der Waals surface area contributed by atoms with Crippen LogP contribution in [0.3, 0.4) is 0 Å². The van der Waals surface area contributed by atoms with Gasteiger partial charge in [0.25, 0.3) is 0 Å². The zero-order valence-corrected chi connectivity index (χ0v) is 17.1. The first-order valence-corrected chi connectivity index (χ1v) is 9.94. The standard InChI is InChI=1S/C22H21NO5S/c1-26-17-7-5-13(9-19(17)28-3)15-11-29-22-14(10-20(25)23-21(15)22)12-4-6-16(24)18(8-12)27-2/h4-9,11,14,24H,10H2,1-3H3,(H,23,25)/t14-/m1/s1. The summed E-state index contributed by atoms with van der Waals surface area (Å²) in [6.07, 6.45) is 0.340. The first-order chi connectivity index (χ1) is 14.0. The average molecular weight is 411 g/mol. The Bertz CT molecular complexity index is 1080.